The van der Waals surface area contributed by atoms with Crippen LogP contribution in [0.4, 0.5) is 4.79 Å². The van der Waals surface area contributed by atoms with Gasteiger partial charge in [0, 0.05) is 19.2 Å². The van der Waals surface area contributed by atoms with Gasteiger partial charge in [-0.1, -0.05) is 24.3 Å². The van der Waals surface area contributed by atoms with E-state index in [-0.39, 0.29) is 12.1 Å². The van der Waals surface area contributed by atoms with Crippen LogP contribution in [0, 0.1) is 5.92 Å². The van der Waals surface area contributed by atoms with Gasteiger partial charge in [0.1, 0.15) is 5.60 Å². The summed E-state index contributed by atoms with van der Waals surface area (Å²) in [5, 5.41) is 16.5. The van der Waals surface area contributed by atoms with Gasteiger partial charge < -0.3 is 25.2 Å². The molecule has 0 radical (unpaired) electrons. The second-order valence-electron chi connectivity index (χ2n) is 8.66. The number of rotatable bonds is 8. The molecule has 0 saturated heterocycles. The molecule has 0 spiro atoms. The number of benzene rings is 1. The van der Waals surface area contributed by atoms with Crippen molar-refractivity contribution in [1.29, 1.82) is 0 Å². The highest BCUT2D eigenvalue weighted by atomic mass is 16.6. The molecule has 0 bridgehead atoms. The normalized spacial score (nSPS) is 23.0. The smallest absolute Gasteiger partial charge is 0.408 e. The molecule has 0 unspecified atom stereocenters. The van der Waals surface area contributed by atoms with Crippen LogP contribution in [-0.2, 0) is 9.47 Å². The van der Waals surface area contributed by atoms with Crippen molar-refractivity contribution in [2.75, 3.05) is 19.8 Å². The number of aliphatic hydroxyl groups excluding tert-OH is 1. The Labute approximate surface area is 161 Å². The van der Waals surface area contributed by atoms with Crippen LogP contribution < -0.4 is 10.6 Å². The number of carbonyl (C=O) groups excluding carboxylic acids is 1. The van der Waals surface area contributed by atoms with E-state index >= 15 is 0 Å². The Bertz CT molecular complexity index is 639. The standard InChI is InChI=1S/C21H32N2O4/c1-21(2,3)27-20(25)23-19-10-18(16-6-4-5-7-17(16)19)22-11-15(24)13-26-12-14-8-9-14/h4-7,14-15,18-19,22,24H,8-13H2,1-3H3,(H,23,25)/t15-,18-,19-/m1/s1. The summed E-state index contributed by atoms with van der Waals surface area (Å²) in [6.45, 7) is 7.14. The summed E-state index contributed by atoms with van der Waals surface area (Å²) in [6, 6.07) is 8.06. The van der Waals surface area contributed by atoms with Gasteiger partial charge in [-0.05, 0) is 57.1 Å². The summed E-state index contributed by atoms with van der Waals surface area (Å²) in [4.78, 5) is 12.2. The first kappa shape index (κ1) is 20.1. The first-order valence-electron chi connectivity index (χ1n) is 9.89. The number of nitrogens with one attached hydrogen (secondary N) is 2. The van der Waals surface area contributed by atoms with E-state index < -0.39 is 17.8 Å². The fourth-order valence-corrected chi connectivity index (χ4v) is 3.41. The van der Waals surface area contributed by atoms with Crippen LogP contribution in [0.25, 0.3) is 0 Å². The van der Waals surface area contributed by atoms with Crippen molar-refractivity contribution in [3.05, 3.63) is 35.4 Å². The second-order valence-corrected chi connectivity index (χ2v) is 8.66. The van der Waals surface area contributed by atoms with Crippen molar-refractivity contribution in [2.24, 2.45) is 5.92 Å². The van der Waals surface area contributed by atoms with Crippen LogP contribution in [0.2, 0.25) is 0 Å². The maximum absolute atomic E-state index is 12.2. The van der Waals surface area contributed by atoms with Gasteiger partial charge in [0.15, 0.2) is 0 Å². The van der Waals surface area contributed by atoms with Gasteiger partial charge >= 0.3 is 6.09 Å². The third-order valence-electron chi connectivity index (χ3n) is 4.87. The molecule has 150 valence electrons. The van der Waals surface area contributed by atoms with E-state index in [1.807, 2.05) is 39.0 Å². The van der Waals surface area contributed by atoms with Gasteiger partial charge in [-0.3, -0.25) is 0 Å². The van der Waals surface area contributed by atoms with Gasteiger partial charge in [0.05, 0.1) is 18.8 Å². The highest BCUT2D eigenvalue weighted by Gasteiger charge is 2.32. The summed E-state index contributed by atoms with van der Waals surface area (Å²) < 4.78 is 11.0. The van der Waals surface area contributed by atoms with Crippen LogP contribution in [0.3, 0.4) is 0 Å². The fourth-order valence-electron chi connectivity index (χ4n) is 3.41. The lowest BCUT2D eigenvalue weighted by atomic mass is 10.1. The van der Waals surface area contributed by atoms with Gasteiger partial charge in [-0.2, -0.15) is 0 Å². The molecule has 3 rings (SSSR count). The Morgan fingerprint density at radius 3 is 2.52 bits per heavy atom. The SMILES string of the molecule is CC(C)(C)OC(=O)N[C@@H]1C[C@@H](NC[C@@H](O)COCC2CC2)c2ccccc21. The molecule has 1 saturated carbocycles. The molecule has 27 heavy (non-hydrogen) atoms. The first-order valence-corrected chi connectivity index (χ1v) is 9.89. The predicted octanol–water partition coefficient (Wildman–Crippen LogP) is 3.07. The molecule has 0 aliphatic heterocycles. The molecule has 3 N–H and O–H groups in total. The molecule has 1 aromatic rings. The van der Waals surface area contributed by atoms with E-state index in [2.05, 4.69) is 16.7 Å². The zero-order valence-corrected chi connectivity index (χ0v) is 16.5. The van der Waals surface area contributed by atoms with Crippen molar-refractivity contribution in [2.45, 2.75) is 63.8 Å². The Morgan fingerprint density at radius 2 is 1.89 bits per heavy atom. The molecule has 2 aliphatic carbocycles. The van der Waals surface area contributed by atoms with E-state index in [9.17, 15) is 9.90 Å². The molecule has 1 amide bonds. The highest BCUT2D eigenvalue weighted by Crippen LogP contribution is 2.38. The summed E-state index contributed by atoms with van der Waals surface area (Å²) in [5.74, 6) is 0.701. The maximum Gasteiger partial charge on any atom is 0.408 e. The lowest BCUT2D eigenvalue weighted by Crippen LogP contribution is -2.35. The maximum atomic E-state index is 12.2. The Kier molecular flexibility index (Phi) is 6.40. The fraction of sp³-hybridized carbons (Fsp3) is 0.667. The van der Waals surface area contributed by atoms with Gasteiger partial charge in [-0.25, -0.2) is 4.79 Å². The molecular formula is C21H32N2O4. The Morgan fingerprint density at radius 1 is 1.22 bits per heavy atom. The zero-order valence-electron chi connectivity index (χ0n) is 16.5. The molecule has 6 nitrogen and oxygen atoms in total. The van der Waals surface area contributed by atoms with E-state index in [1.165, 1.54) is 12.8 Å². The number of amides is 1. The first-order chi connectivity index (χ1) is 12.8. The Hall–Kier alpha value is -1.63. The van der Waals surface area contributed by atoms with Crippen LogP contribution >= 0.6 is 0 Å². The topological polar surface area (TPSA) is 79.8 Å². The van der Waals surface area contributed by atoms with E-state index in [1.54, 1.807) is 0 Å². The third kappa shape index (κ3) is 6.19. The van der Waals surface area contributed by atoms with E-state index in [0.29, 0.717) is 19.1 Å². The lowest BCUT2D eigenvalue weighted by Gasteiger charge is -2.22. The van der Waals surface area contributed by atoms with E-state index in [4.69, 9.17) is 9.47 Å². The number of hydrogen-bond acceptors (Lipinski definition) is 5. The summed E-state index contributed by atoms with van der Waals surface area (Å²) >= 11 is 0. The van der Waals surface area contributed by atoms with E-state index in [0.717, 1.165) is 24.2 Å². The molecule has 0 heterocycles. The summed E-state index contributed by atoms with van der Waals surface area (Å²) in [5.41, 5.74) is 1.73. The average Bonchev–Trinajstić information content (AvgIpc) is 3.34. The van der Waals surface area contributed by atoms with Crippen LogP contribution in [0.5, 0.6) is 0 Å². The number of carbonyl (C=O) groups is 1. The van der Waals surface area contributed by atoms with Crippen molar-refractivity contribution in [1.82, 2.24) is 10.6 Å². The molecular weight excluding hydrogens is 344 g/mol. The highest BCUT2D eigenvalue weighted by molar-refractivity contribution is 5.68. The molecule has 1 fully saturated rings. The van der Waals surface area contributed by atoms with Gasteiger partial charge in [0.2, 0.25) is 0 Å². The van der Waals surface area contributed by atoms with Crippen molar-refractivity contribution in [3.63, 3.8) is 0 Å². The number of alkyl carbamates (subject to hydrolysis) is 1. The van der Waals surface area contributed by atoms with Crippen molar-refractivity contribution < 1.29 is 19.4 Å². The quantitative estimate of drug-likeness (QED) is 0.650. The van der Waals surface area contributed by atoms with Crippen LogP contribution in [0.15, 0.2) is 24.3 Å². The number of fused-ring (bicyclic) bond motifs is 1. The number of ether oxygens (including phenoxy) is 2. The van der Waals surface area contributed by atoms with Crippen molar-refractivity contribution in [3.8, 4) is 0 Å². The lowest BCUT2D eigenvalue weighted by molar-refractivity contribution is 0.0310. The second kappa shape index (κ2) is 8.59. The van der Waals surface area contributed by atoms with Crippen LogP contribution in [0.1, 0.15) is 63.2 Å². The minimum Gasteiger partial charge on any atom is -0.444 e. The Balaban J connectivity index is 1.51. The molecule has 0 aromatic heterocycles. The third-order valence-corrected chi connectivity index (χ3v) is 4.87. The van der Waals surface area contributed by atoms with Gasteiger partial charge in [-0.15, -0.1) is 0 Å². The number of hydrogen-bond donors (Lipinski definition) is 3. The molecule has 6 heteroatoms. The van der Waals surface area contributed by atoms with Crippen LogP contribution in [-0.4, -0.2) is 42.7 Å². The molecule has 3 atom stereocenters. The number of aliphatic hydroxyl groups is 1. The zero-order chi connectivity index (χ0) is 19.4. The largest absolute Gasteiger partial charge is 0.444 e. The predicted molar refractivity (Wildman–Crippen MR) is 103 cm³/mol. The monoisotopic (exact) mass is 376 g/mol. The molecule has 1 aromatic carbocycles. The summed E-state index contributed by atoms with van der Waals surface area (Å²) in [6.07, 6.45) is 2.29. The summed E-state index contributed by atoms with van der Waals surface area (Å²) in [7, 11) is 0. The van der Waals surface area contributed by atoms with Gasteiger partial charge in [0.25, 0.3) is 0 Å². The average molecular weight is 376 g/mol. The molecule has 2 aliphatic rings. The minimum absolute atomic E-state index is 0.0826. The minimum atomic E-state index is -0.534. The van der Waals surface area contributed by atoms with Crippen molar-refractivity contribution >= 4 is 6.09 Å².